The molecular weight excluding hydrogens is 294 g/mol. The van der Waals surface area contributed by atoms with Crippen molar-refractivity contribution in [3.05, 3.63) is 22.8 Å². The van der Waals surface area contributed by atoms with Crippen molar-refractivity contribution in [3.63, 3.8) is 0 Å². The molecule has 20 heavy (non-hydrogen) atoms. The summed E-state index contributed by atoms with van der Waals surface area (Å²) in [6, 6.07) is 1.72. The highest BCUT2D eigenvalue weighted by Gasteiger charge is 2.18. The van der Waals surface area contributed by atoms with Crippen LogP contribution in [0.2, 0.25) is 5.02 Å². The monoisotopic (exact) mass is 313 g/mol. The summed E-state index contributed by atoms with van der Waals surface area (Å²) in [6.07, 6.45) is 4.95. The number of anilines is 1. The Labute approximate surface area is 129 Å². The molecular formula is C14H20ClN3OS. The van der Waals surface area contributed by atoms with Crippen molar-refractivity contribution in [3.8, 4) is 0 Å². The standard InChI is InChI=1S/C14H20ClN3OS/c1-2-5-16-13-7-11(12(15)9-17-13)14(19)18-8-10-4-3-6-20-10/h7,9-10H,2-6,8H2,1H3,(H,16,17)(H,18,19). The molecule has 1 fully saturated rings. The van der Waals surface area contributed by atoms with Crippen molar-refractivity contribution in [2.75, 3.05) is 24.2 Å². The van der Waals surface area contributed by atoms with E-state index in [-0.39, 0.29) is 5.91 Å². The van der Waals surface area contributed by atoms with Gasteiger partial charge >= 0.3 is 0 Å². The van der Waals surface area contributed by atoms with Crippen molar-refractivity contribution < 1.29 is 4.79 Å². The van der Waals surface area contributed by atoms with Gasteiger partial charge in [0.25, 0.3) is 5.91 Å². The van der Waals surface area contributed by atoms with E-state index in [1.165, 1.54) is 24.8 Å². The fourth-order valence-electron chi connectivity index (χ4n) is 2.07. The zero-order valence-corrected chi connectivity index (χ0v) is 13.2. The van der Waals surface area contributed by atoms with Gasteiger partial charge in [-0.05, 0) is 31.1 Å². The first-order chi connectivity index (χ1) is 9.70. The van der Waals surface area contributed by atoms with Crippen LogP contribution in [0.3, 0.4) is 0 Å². The number of carbonyl (C=O) groups is 1. The molecule has 2 N–H and O–H groups in total. The maximum Gasteiger partial charge on any atom is 0.253 e. The number of hydrogen-bond donors (Lipinski definition) is 2. The lowest BCUT2D eigenvalue weighted by Gasteiger charge is -2.12. The predicted molar refractivity (Wildman–Crippen MR) is 85.8 cm³/mol. The Morgan fingerprint density at radius 3 is 3.15 bits per heavy atom. The number of thioether (sulfide) groups is 1. The Balaban J connectivity index is 1.96. The molecule has 1 unspecified atom stereocenters. The van der Waals surface area contributed by atoms with Crippen LogP contribution in [0.4, 0.5) is 5.82 Å². The number of pyridine rings is 1. The average Bonchev–Trinajstić information content (AvgIpc) is 2.97. The number of halogens is 1. The van der Waals surface area contributed by atoms with Crippen LogP contribution in [0.1, 0.15) is 36.5 Å². The summed E-state index contributed by atoms with van der Waals surface area (Å²) in [6.45, 7) is 3.62. The molecule has 0 radical (unpaired) electrons. The second-order valence-corrected chi connectivity index (χ2v) is 6.64. The van der Waals surface area contributed by atoms with Crippen LogP contribution < -0.4 is 10.6 Å². The quantitative estimate of drug-likeness (QED) is 0.847. The second kappa shape index (κ2) is 7.74. The summed E-state index contributed by atoms with van der Waals surface area (Å²) >= 11 is 7.99. The number of carbonyl (C=O) groups excluding carboxylic acids is 1. The van der Waals surface area contributed by atoms with Crippen LogP contribution in [0.5, 0.6) is 0 Å². The first kappa shape index (κ1) is 15.4. The molecule has 1 atom stereocenters. The largest absolute Gasteiger partial charge is 0.370 e. The summed E-state index contributed by atoms with van der Waals surface area (Å²) < 4.78 is 0. The summed E-state index contributed by atoms with van der Waals surface area (Å²) in [5.74, 6) is 1.77. The number of hydrogen-bond acceptors (Lipinski definition) is 4. The molecule has 1 aromatic rings. The summed E-state index contributed by atoms with van der Waals surface area (Å²) in [5, 5.41) is 7.06. The van der Waals surface area contributed by atoms with E-state index in [4.69, 9.17) is 11.6 Å². The van der Waals surface area contributed by atoms with Crippen LogP contribution in [-0.4, -0.2) is 35.0 Å². The molecule has 1 aromatic heterocycles. The molecule has 0 saturated carbocycles. The van der Waals surface area contributed by atoms with E-state index in [0.717, 1.165) is 13.0 Å². The predicted octanol–water partition coefficient (Wildman–Crippen LogP) is 3.18. The summed E-state index contributed by atoms with van der Waals surface area (Å²) in [4.78, 5) is 16.4. The van der Waals surface area contributed by atoms with Crippen molar-refractivity contribution in [2.24, 2.45) is 0 Å². The van der Waals surface area contributed by atoms with E-state index in [2.05, 4.69) is 22.5 Å². The Morgan fingerprint density at radius 1 is 1.60 bits per heavy atom. The Bertz CT molecular complexity index is 464. The van der Waals surface area contributed by atoms with Gasteiger partial charge < -0.3 is 10.6 Å². The summed E-state index contributed by atoms with van der Waals surface area (Å²) in [7, 11) is 0. The number of amides is 1. The Kier molecular flexibility index (Phi) is 5.98. The lowest BCUT2D eigenvalue weighted by atomic mass is 10.2. The minimum absolute atomic E-state index is 0.121. The van der Waals surface area contributed by atoms with Crippen molar-refractivity contribution >= 4 is 35.1 Å². The normalized spacial score (nSPS) is 18.0. The molecule has 6 heteroatoms. The first-order valence-electron chi connectivity index (χ1n) is 7.00. The van der Waals surface area contributed by atoms with Crippen molar-refractivity contribution in [1.82, 2.24) is 10.3 Å². The van der Waals surface area contributed by atoms with E-state index in [1.807, 2.05) is 11.8 Å². The average molecular weight is 314 g/mol. The van der Waals surface area contributed by atoms with Gasteiger partial charge in [-0.2, -0.15) is 11.8 Å². The van der Waals surface area contributed by atoms with Gasteiger partial charge in [-0.15, -0.1) is 0 Å². The van der Waals surface area contributed by atoms with E-state index in [0.29, 0.717) is 28.2 Å². The van der Waals surface area contributed by atoms with Crippen LogP contribution in [0, 0.1) is 0 Å². The molecule has 1 saturated heterocycles. The molecule has 0 aliphatic carbocycles. The van der Waals surface area contributed by atoms with E-state index in [1.54, 1.807) is 6.07 Å². The molecule has 4 nitrogen and oxygen atoms in total. The SMILES string of the molecule is CCCNc1cc(C(=O)NCC2CCCS2)c(Cl)cn1. The summed E-state index contributed by atoms with van der Waals surface area (Å²) in [5.41, 5.74) is 0.489. The maximum absolute atomic E-state index is 12.2. The van der Waals surface area contributed by atoms with Gasteiger partial charge in [0.15, 0.2) is 0 Å². The fraction of sp³-hybridized carbons (Fsp3) is 0.571. The number of nitrogens with zero attached hydrogens (tertiary/aromatic N) is 1. The van der Waals surface area contributed by atoms with Crippen LogP contribution in [-0.2, 0) is 0 Å². The van der Waals surface area contributed by atoms with E-state index >= 15 is 0 Å². The van der Waals surface area contributed by atoms with Gasteiger partial charge in [0.1, 0.15) is 5.82 Å². The minimum Gasteiger partial charge on any atom is -0.370 e. The zero-order valence-electron chi connectivity index (χ0n) is 11.6. The third-order valence-corrected chi connectivity index (χ3v) is 4.87. The van der Waals surface area contributed by atoms with Crippen LogP contribution in [0.15, 0.2) is 12.3 Å². The molecule has 0 spiro atoms. The molecule has 0 bridgehead atoms. The number of nitrogens with one attached hydrogen (secondary N) is 2. The van der Waals surface area contributed by atoms with Crippen molar-refractivity contribution in [2.45, 2.75) is 31.4 Å². The Hall–Kier alpha value is -0.940. The molecule has 1 aliphatic rings. The smallest absolute Gasteiger partial charge is 0.253 e. The molecule has 0 aromatic carbocycles. The van der Waals surface area contributed by atoms with Gasteiger partial charge in [-0.3, -0.25) is 4.79 Å². The van der Waals surface area contributed by atoms with E-state index < -0.39 is 0 Å². The third-order valence-electron chi connectivity index (χ3n) is 3.17. The highest BCUT2D eigenvalue weighted by molar-refractivity contribution is 8.00. The molecule has 2 heterocycles. The molecule has 1 aliphatic heterocycles. The van der Waals surface area contributed by atoms with Crippen LogP contribution in [0.25, 0.3) is 0 Å². The van der Waals surface area contributed by atoms with Crippen LogP contribution >= 0.6 is 23.4 Å². The lowest BCUT2D eigenvalue weighted by molar-refractivity contribution is 0.0954. The zero-order chi connectivity index (χ0) is 14.4. The highest BCUT2D eigenvalue weighted by Crippen LogP contribution is 2.25. The van der Waals surface area contributed by atoms with Gasteiger partial charge in [-0.1, -0.05) is 18.5 Å². The topological polar surface area (TPSA) is 54.0 Å². The van der Waals surface area contributed by atoms with Crippen molar-refractivity contribution in [1.29, 1.82) is 0 Å². The molecule has 1 amide bonds. The fourth-order valence-corrected chi connectivity index (χ4v) is 3.46. The maximum atomic E-state index is 12.2. The minimum atomic E-state index is -0.121. The van der Waals surface area contributed by atoms with Gasteiger partial charge in [0, 0.05) is 24.5 Å². The first-order valence-corrected chi connectivity index (χ1v) is 8.42. The lowest BCUT2D eigenvalue weighted by Crippen LogP contribution is -2.30. The van der Waals surface area contributed by atoms with E-state index in [9.17, 15) is 4.79 Å². The molecule has 2 rings (SSSR count). The van der Waals surface area contributed by atoms with Gasteiger partial charge in [0.2, 0.25) is 0 Å². The highest BCUT2D eigenvalue weighted by atomic mass is 35.5. The van der Waals surface area contributed by atoms with Gasteiger partial charge in [-0.25, -0.2) is 4.98 Å². The second-order valence-electron chi connectivity index (χ2n) is 4.82. The Morgan fingerprint density at radius 2 is 2.45 bits per heavy atom. The van der Waals surface area contributed by atoms with Gasteiger partial charge in [0.05, 0.1) is 10.6 Å². The third kappa shape index (κ3) is 4.28. The number of rotatable bonds is 6. The molecule has 110 valence electrons. The number of aromatic nitrogens is 1.